The third-order valence-electron chi connectivity index (χ3n) is 3.99. The highest BCUT2D eigenvalue weighted by molar-refractivity contribution is 8.14. The molecular weight excluding hydrogens is 313 g/mol. The van der Waals surface area contributed by atoms with Crippen LogP contribution in [0.3, 0.4) is 0 Å². The van der Waals surface area contributed by atoms with E-state index < -0.39 is 0 Å². The molecule has 6 heteroatoms. The Morgan fingerprint density at radius 2 is 2.04 bits per heavy atom. The van der Waals surface area contributed by atoms with E-state index in [0.717, 1.165) is 23.8 Å². The van der Waals surface area contributed by atoms with Crippen molar-refractivity contribution in [1.29, 1.82) is 0 Å². The van der Waals surface area contributed by atoms with Crippen molar-refractivity contribution in [3.63, 3.8) is 0 Å². The summed E-state index contributed by atoms with van der Waals surface area (Å²) in [5.41, 5.74) is 2.09. The summed E-state index contributed by atoms with van der Waals surface area (Å²) in [4.78, 5) is 2.23. The van der Waals surface area contributed by atoms with Crippen LogP contribution in [0.25, 0.3) is 0 Å². The Balaban J connectivity index is 1.66. The lowest BCUT2D eigenvalue weighted by molar-refractivity contribution is 0.420. The second-order valence-corrected chi connectivity index (χ2v) is 6.83. The van der Waals surface area contributed by atoms with E-state index in [9.17, 15) is 4.39 Å². The maximum absolute atomic E-state index is 14.5. The number of piperidine rings is 1. The van der Waals surface area contributed by atoms with Gasteiger partial charge in [-0.25, -0.2) is 4.39 Å². The number of halogens is 1. The quantitative estimate of drug-likeness (QED) is 0.843. The summed E-state index contributed by atoms with van der Waals surface area (Å²) in [6, 6.07) is 5.36. The normalized spacial score (nSPS) is 17.9. The van der Waals surface area contributed by atoms with Gasteiger partial charge in [-0.05, 0) is 37.5 Å². The van der Waals surface area contributed by atoms with E-state index in [0.29, 0.717) is 23.4 Å². The van der Waals surface area contributed by atoms with Crippen molar-refractivity contribution in [2.24, 2.45) is 10.2 Å². The highest BCUT2D eigenvalue weighted by atomic mass is 32.2. The van der Waals surface area contributed by atoms with E-state index in [1.54, 1.807) is 12.1 Å². The maximum atomic E-state index is 14.5. The standard InChI is InChI=1S/C17H20FN3OS/c1-12(22)11-23-17-10-16(19-20-17)14-6-5-13(9-15(14)18)21-7-3-2-4-8-21/h5-6,9,22H,1-4,7-8,10-11H2. The smallest absolute Gasteiger partial charge is 0.134 e. The molecule has 2 heterocycles. The lowest BCUT2D eigenvalue weighted by Crippen LogP contribution is -2.29. The first-order valence-corrected chi connectivity index (χ1v) is 8.80. The molecule has 1 aromatic rings. The molecule has 0 amide bonds. The lowest BCUT2D eigenvalue weighted by Gasteiger charge is -2.29. The Kier molecular flexibility index (Phi) is 5.00. The zero-order valence-electron chi connectivity index (χ0n) is 13.0. The minimum absolute atomic E-state index is 0.100. The number of anilines is 1. The Morgan fingerprint density at radius 1 is 1.26 bits per heavy atom. The van der Waals surface area contributed by atoms with Crippen LogP contribution in [0.5, 0.6) is 0 Å². The van der Waals surface area contributed by atoms with Crippen LogP contribution in [0.1, 0.15) is 31.2 Å². The molecule has 1 N–H and O–H groups in total. The molecular formula is C17H20FN3OS. The van der Waals surface area contributed by atoms with Gasteiger partial charge in [0.05, 0.1) is 17.2 Å². The van der Waals surface area contributed by atoms with E-state index in [1.165, 1.54) is 31.0 Å². The molecule has 2 aliphatic heterocycles. The average Bonchev–Trinajstić information content (AvgIpc) is 3.02. The van der Waals surface area contributed by atoms with Gasteiger partial charge in [-0.3, -0.25) is 0 Å². The summed E-state index contributed by atoms with van der Waals surface area (Å²) in [5.74, 6) is 0.237. The Labute approximate surface area is 139 Å². The second kappa shape index (κ2) is 7.17. The topological polar surface area (TPSA) is 48.2 Å². The Bertz CT molecular complexity index is 666. The van der Waals surface area contributed by atoms with Crippen LogP contribution >= 0.6 is 11.8 Å². The third kappa shape index (κ3) is 3.93. The van der Waals surface area contributed by atoms with Gasteiger partial charge in [-0.15, -0.1) is 16.9 Å². The zero-order valence-corrected chi connectivity index (χ0v) is 13.8. The first-order valence-electron chi connectivity index (χ1n) is 7.81. The van der Waals surface area contributed by atoms with Crippen LogP contribution in [0.15, 0.2) is 40.7 Å². The molecule has 0 atom stereocenters. The number of hydrogen-bond acceptors (Lipinski definition) is 5. The fourth-order valence-electron chi connectivity index (χ4n) is 2.81. The fraction of sp³-hybridized carbons (Fsp3) is 0.412. The molecule has 0 bridgehead atoms. The van der Waals surface area contributed by atoms with Crippen molar-refractivity contribution < 1.29 is 9.50 Å². The fourth-order valence-corrected chi connectivity index (χ4v) is 3.48. The van der Waals surface area contributed by atoms with E-state index in [4.69, 9.17) is 5.11 Å². The van der Waals surface area contributed by atoms with Crippen molar-refractivity contribution in [3.8, 4) is 0 Å². The largest absolute Gasteiger partial charge is 0.512 e. The van der Waals surface area contributed by atoms with E-state index in [2.05, 4.69) is 21.7 Å². The zero-order chi connectivity index (χ0) is 16.2. The van der Waals surface area contributed by atoms with Crippen molar-refractivity contribution in [1.82, 2.24) is 0 Å². The first-order chi connectivity index (χ1) is 11.1. The van der Waals surface area contributed by atoms with Crippen molar-refractivity contribution in [3.05, 3.63) is 41.9 Å². The van der Waals surface area contributed by atoms with E-state index in [-0.39, 0.29) is 11.6 Å². The van der Waals surface area contributed by atoms with E-state index in [1.807, 2.05) is 6.07 Å². The van der Waals surface area contributed by atoms with Crippen LogP contribution in [0.4, 0.5) is 10.1 Å². The minimum atomic E-state index is -0.250. The molecule has 0 unspecified atom stereocenters. The molecule has 0 saturated carbocycles. The molecule has 0 aliphatic carbocycles. The summed E-state index contributed by atoms with van der Waals surface area (Å²) in [6.07, 6.45) is 4.09. The first kappa shape index (κ1) is 16.1. The Morgan fingerprint density at radius 3 is 2.74 bits per heavy atom. The molecule has 2 aliphatic rings. The van der Waals surface area contributed by atoms with Gasteiger partial charge in [0.1, 0.15) is 10.9 Å². The number of aliphatic hydroxyl groups is 1. The summed E-state index contributed by atoms with van der Waals surface area (Å²) in [7, 11) is 0. The van der Waals surface area contributed by atoms with Gasteiger partial charge in [-0.1, -0.05) is 6.58 Å². The van der Waals surface area contributed by atoms with Gasteiger partial charge in [-0.2, -0.15) is 5.10 Å². The highest BCUT2D eigenvalue weighted by Crippen LogP contribution is 2.26. The number of benzene rings is 1. The van der Waals surface area contributed by atoms with Crippen LogP contribution in [-0.2, 0) is 0 Å². The number of hydrogen-bond donors (Lipinski definition) is 1. The van der Waals surface area contributed by atoms with Gasteiger partial charge < -0.3 is 10.0 Å². The van der Waals surface area contributed by atoms with Crippen LogP contribution < -0.4 is 4.90 Å². The molecule has 1 fully saturated rings. The molecule has 1 aromatic carbocycles. The number of aliphatic hydroxyl groups excluding tert-OH is 1. The number of rotatable bonds is 4. The summed E-state index contributed by atoms with van der Waals surface area (Å²) in [5, 5.41) is 18.0. The summed E-state index contributed by atoms with van der Waals surface area (Å²) < 4.78 is 14.5. The molecule has 1 saturated heterocycles. The van der Waals surface area contributed by atoms with Gasteiger partial charge in [0.25, 0.3) is 0 Å². The lowest BCUT2D eigenvalue weighted by atomic mass is 10.1. The van der Waals surface area contributed by atoms with Crippen molar-refractivity contribution >= 4 is 28.2 Å². The van der Waals surface area contributed by atoms with Gasteiger partial charge >= 0.3 is 0 Å². The predicted octanol–water partition coefficient (Wildman–Crippen LogP) is 4.13. The van der Waals surface area contributed by atoms with Gasteiger partial charge in [0.2, 0.25) is 0 Å². The van der Waals surface area contributed by atoms with Crippen LogP contribution in [0.2, 0.25) is 0 Å². The minimum Gasteiger partial charge on any atom is -0.512 e. The molecule has 23 heavy (non-hydrogen) atoms. The van der Waals surface area contributed by atoms with Crippen LogP contribution in [0, 0.1) is 5.82 Å². The van der Waals surface area contributed by atoms with Crippen molar-refractivity contribution in [2.75, 3.05) is 23.7 Å². The molecule has 3 rings (SSSR count). The highest BCUT2D eigenvalue weighted by Gasteiger charge is 2.20. The average molecular weight is 333 g/mol. The Hall–Kier alpha value is -1.82. The van der Waals surface area contributed by atoms with Crippen LogP contribution in [-0.4, -0.2) is 34.7 Å². The molecule has 0 radical (unpaired) electrons. The predicted molar refractivity (Wildman–Crippen MR) is 95.3 cm³/mol. The van der Waals surface area contributed by atoms with Gasteiger partial charge in [0, 0.05) is 30.8 Å². The summed E-state index contributed by atoms with van der Waals surface area (Å²) >= 11 is 1.38. The number of thioether (sulfide) groups is 1. The molecule has 4 nitrogen and oxygen atoms in total. The van der Waals surface area contributed by atoms with Gasteiger partial charge in [0.15, 0.2) is 0 Å². The molecule has 0 spiro atoms. The molecule has 122 valence electrons. The summed E-state index contributed by atoms with van der Waals surface area (Å²) in [6.45, 7) is 5.43. The third-order valence-corrected chi connectivity index (χ3v) is 5.03. The molecule has 0 aromatic heterocycles. The SMILES string of the molecule is C=C(O)CSC1=NN=C(c2ccc(N3CCCCC3)cc2F)C1. The van der Waals surface area contributed by atoms with E-state index >= 15 is 0 Å². The second-order valence-electron chi connectivity index (χ2n) is 5.78. The maximum Gasteiger partial charge on any atom is 0.134 e. The van der Waals surface area contributed by atoms with Crippen molar-refractivity contribution in [2.45, 2.75) is 25.7 Å². The monoisotopic (exact) mass is 333 g/mol. The number of nitrogens with zero attached hydrogens (tertiary/aromatic N) is 3.